The van der Waals surface area contributed by atoms with Crippen molar-refractivity contribution in [3.63, 3.8) is 0 Å². The molecule has 0 aliphatic heterocycles. The summed E-state index contributed by atoms with van der Waals surface area (Å²) >= 11 is 0. The van der Waals surface area contributed by atoms with E-state index in [1.807, 2.05) is 0 Å². The van der Waals surface area contributed by atoms with E-state index in [1.54, 1.807) is 0 Å². The van der Waals surface area contributed by atoms with Crippen molar-refractivity contribution in [2.24, 2.45) is 5.73 Å². The Hall–Kier alpha value is -0.0775. The van der Waals surface area contributed by atoms with E-state index < -0.39 is 5.97 Å². The Kier molecular flexibility index (Phi) is 8.48. The quantitative estimate of drug-likeness (QED) is 0.234. The molecule has 0 radical (unpaired) electrons. The summed E-state index contributed by atoms with van der Waals surface area (Å²) < 4.78 is 0. The predicted molar refractivity (Wildman–Crippen MR) is 27.7 cm³/mol. The molecule has 0 bridgehead atoms. The smallest absolute Gasteiger partial charge is 0.321 e. The molecule has 0 amide bonds. The van der Waals surface area contributed by atoms with Gasteiger partial charge in [-0.1, -0.05) is 0 Å². The Bertz CT molecular complexity index is 50.9. The van der Waals surface area contributed by atoms with Crippen LogP contribution in [0.3, 0.4) is 0 Å². The molecule has 0 spiro atoms. The van der Waals surface area contributed by atoms with Crippen LogP contribution >= 0.6 is 0 Å². The molecule has 3 N–H and O–H groups in total. The fourth-order valence-corrected chi connectivity index (χ4v) is 0.0373. The highest BCUT2D eigenvalue weighted by atomic mass is 27.0. The zero-order chi connectivity index (χ0) is 4.99. The first-order valence-electron chi connectivity index (χ1n) is 1.35. The molecule has 0 aromatic carbocycles. The maximum atomic E-state index is 9.58. The Labute approximate surface area is 51.3 Å². The second-order valence-corrected chi connectivity index (χ2v) is 0.667. The van der Waals surface area contributed by atoms with E-state index in [-0.39, 0.29) is 23.9 Å². The van der Waals surface area contributed by atoms with Gasteiger partial charge in [-0.05, 0) is 0 Å². The summed E-state index contributed by atoms with van der Waals surface area (Å²) in [4.78, 5) is 12.7. The van der Waals surface area contributed by atoms with Crippen LogP contribution < -0.4 is 5.73 Å². The van der Waals surface area contributed by atoms with Gasteiger partial charge in [0.25, 0.3) is 0 Å². The predicted octanol–water partition coefficient (Wildman–Crippen LogP) is -2.22. The van der Waals surface area contributed by atoms with Crippen molar-refractivity contribution in [2.75, 3.05) is 6.54 Å². The van der Waals surface area contributed by atoms with Crippen LogP contribution in [0.15, 0.2) is 0 Å². The molecule has 5 heteroatoms. The van der Waals surface area contributed by atoms with Crippen LogP contribution in [0.4, 0.5) is 0 Å². The van der Waals surface area contributed by atoms with Gasteiger partial charge in [0.05, 0.1) is 6.54 Å². The van der Waals surface area contributed by atoms with E-state index in [0.29, 0.717) is 0 Å². The fraction of sp³-hybridized carbons (Fsp3) is 0.500. The van der Waals surface area contributed by atoms with Gasteiger partial charge in [0.15, 0.2) is 17.4 Å². The lowest BCUT2D eigenvalue weighted by Gasteiger charge is -1.83. The number of rotatable bonds is 1. The van der Waals surface area contributed by atoms with Gasteiger partial charge in [0.2, 0.25) is 0 Å². The Balaban J connectivity index is 0. The third-order valence-electron chi connectivity index (χ3n) is 0.268. The van der Waals surface area contributed by atoms with E-state index in [0.717, 1.165) is 0 Å². The van der Waals surface area contributed by atoms with Crippen molar-refractivity contribution in [1.82, 2.24) is 0 Å². The molecule has 0 rings (SSSR count). The van der Waals surface area contributed by atoms with Gasteiger partial charge < -0.3 is 5.73 Å². The van der Waals surface area contributed by atoms with E-state index in [2.05, 4.69) is 10.6 Å². The van der Waals surface area contributed by atoms with Crippen molar-refractivity contribution in [1.29, 1.82) is 0 Å². The van der Waals surface area contributed by atoms with Gasteiger partial charge in [0, 0.05) is 0 Å². The van der Waals surface area contributed by atoms with Gasteiger partial charge in [-0.2, -0.15) is 5.26 Å². The van der Waals surface area contributed by atoms with Crippen LogP contribution in [0.2, 0.25) is 0 Å². The molecule has 0 unspecified atom stereocenters. The summed E-state index contributed by atoms with van der Waals surface area (Å²) in [6, 6.07) is 0. The summed E-state index contributed by atoms with van der Waals surface area (Å²) in [5, 5.41) is 7.41. The van der Waals surface area contributed by atoms with E-state index in [1.165, 1.54) is 0 Å². The molecular formula is C2H8AlNO3. The molecule has 0 aliphatic carbocycles. The Morgan fingerprint density at radius 2 is 2.29 bits per heavy atom. The minimum Gasteiger partial charge on any atom is -0.321 e. The van der Waals surface area contributed by atoms with Gasteiger partial charge in [-0.15, -0.1) is 0 Å². The van der Waals surface area contributed by atoms with Gasteiger partial charge in [-0.25, -0.2) is 4.79 Å². The molecule has 0 saturated carbocycles. The number of nitrogens with two attached hydrogens (primary N) is 1. The average molecular weight is 121 g/mol. The van der Waals surface area contributed by atoms with Crippen LogP contribution in [-0.4, -0.2) is 35.1 Å². The SMILES string of the molecule is NCC(=O)OO.[AlH3]. The highest BCUT2D eigenvalue weighted by Gasteiger charge is 1.90. The van der Waals surface area contributed by atoms with Gasteiger partial charge in [-0.3, -0.25) is 4.89 Å². The van der Waals surface area contributed by atoms with Gasteiger partial charge >= 0.3 is 5.97 Å². The summed E-state index contributed by atoms with van der Waals surface area (Å²) in [5.74, 6) is -0.824. The zero-order valence-corrected chi connectivity index (χ0v) is 3.05. The minimum atomic E-state index is -0.824. The van der Waals surface area contributed by atoms with E-state index in [9.17, 15) is 4.79 Å². The van der Waals surface area contributed by atoms with Crippen LogP contribution in [0.25, 0.3) is 0 Å². The minimum absolute atomic E-state index is 0. The first kappa shape index (κ1) is 10.0. The maximum Gasteiger partial charge on any atom is 0.355 e. The lowest BCUT2D eigenvalue weighted by atomic mass is 10.7. The third kappa shape index (κ3) is 5.92. The molecule has 0 aliphatic rings. The highest BCUT2D eigenvalue weighted by Crippen LogP contribution is 1.60. The highest BCUT2D eigenvalue weighted by molar-refractivity contribution is 5.75. The first-order chi connectivity index (χ1) is 2.81. The van der Waals surface area contributed by atoms with Crippen molar-refractivity contribution in [3.05, 3.63) is 0 Å². The number of hydrogen-bond donors (Lipinski definition) is 2. The normalized spacial score (nSPS) is 6.57. The molecule has 0 heterocycles. The van der Waals surface area contributed by atoms with Crippen LogP contribution in [0.5, 0.6) is 0 Å². The first-order valence-corrected chi connectivity index (χ1v) is 1.35. The second kappa shape index (κ2) is 5.92. The fourth-order valence-electron chi connectivity index (χ4n) is 0.0373. The van der Waals surface area contributed by atoms with Crippen LogP contribution in [0.1, 0.15) is 0 Å². The summed E-state index contributed by atoms with van der Waals surface area (Å²) in [5.41, 5.74) is 4.65. The molecular weight excluding hydrogens is 113 g/mol. The second-order valence-electron chi connectivity index (χ2n) is 0.667. The van der Waals surface area contributed by atoms with Crippen molar-refractivity contribution in [2.45, 2.75) is 0 Å². The summed E-state index contributed by atoms with van der Waals surface area (Å²) in [6.45, 7) is -0.281. The number of hydrogen-bond acceptors (Lipinski definition) is 4. The number of carbonyl (C=O) groups excluding carboxylic acids is 1. The topological polar surface area (TPSA) is 72.6 Å². The molecule has 4 nitrogen and oxygen atoms in total. The van der Waals surface area contributed by atoms with Crippen molar-refractivity contribution in [3.8, 4) is 0 Å². The zero-order valence-electron chi connectivity index (χ0n) is 3.05. The van der Waals surface area contributed by atoms with E-state index in [4.69, 9.17) is 5.26 Å². The monoisotopic (exact) mass is 121 g/mol. The third-order valence-corrected chi connectivity index (χ3v) is 0.268. The lowest BCUT2D eigenvalue weighted by molar-refractivity contribution is -0.232. The molecule has 0 aromatic rings. The molecule has 0 saturated heterocycles. The molecule has 0 fully saturated rings. The van der Waals surface area contributed by atoms with Crippen molar-refractivity contribution < 1.29 is 14.9 Å². The molecule has 42 valence electrons. The number of carbonyl (C=O) groups is 1. The summed E-state index contributed by atoms with van der Waals surface area (Å²) in [6.07, 6.45) is 0. The average Bonchev–Trinajstić information content (AvgIpc) is 1.65. The summed E-state index contributed by atoms with van der Waals surface area (Å²) in [7, 11) is 0. The molecule has 0 aromatic heterocycles. The molecule has 0 atom stereocenters. The Morgan fingerprint density at radius 1 is 1.86 bits per heavy atom. The molecule has 7 heavy (non-hydrogen) atoms. The largest absolute Gasteiger partial charge is 0.355 e. The standard InChI is InChI=1S/C2H5NO3.Al.3H/c3-1-2(4)6-5;;;;/h5H,1,3H2;;;;. The van der Waals surface area contributed by atoms with Gasteiger partial charge in [0.1, 0.15) is 0 Å². The van der Waals surface area contributed by atoms with Crippen LogP contribution in [-0.2, 0) is 9.68 Å². The lowest BCUT2D eigenvalue weighted by Crippen LogP contribution is -2.14. The van der Waals surface area contributed by atoms with Crippen LogP contribution in [0, 0.1) is 0 Å². The van der Waals surface area contributed by atoms with Crippen molar-refractivity contribution >= 4 is 23.3 Å². The Morgan fingerprint density at radius 3 is 2.29 bits per heavy atom. The maximum absolute atomic E-state index is 9.58. The van der Waals surface area contributed by atoms with E-state index >= 15 is 0 Å².